The van der Waals surface area contributed by atoms with E-state index in [1.54, 1.807) is 14.2 Å². The number of ether oxygens (including phenoxy) is 2. The molecular weight excluding hydrogens is 268 g/mol. The van der Waals surface area contributed by atoms with Gasteiger partial charge in [-0.2, -0.15) is 0 Å². The number of carbonyl (C=O) groups is 1. The van der Waals surface area contributed by atoms with Gasteiger partial charge in [0.1, 0.15) is 11.5 Å². The first-order valence-electron chi connectivity index (χ1n) is 7.38. The molecule has 0 aliphatic carbocycles. The molecule has 1 aromatic carbocycles. The molecule has 1 aliphatic heterocycles. The van der Waals surface area contributed by atoms with E-state index in [-0.39, 0.29) is 11.9 Å². The molecule has 1 heterocycles. The van der Waals surface area contributed by atoms with Crippen LogP contribution in [-0.2, 0) is 4.79 Å². The van der Waals surface area contributed by atoms with E-state index < -0.39 is 0 Å². The van der Waals surface area contributed by atoms with Crippen LogP contribution in [0.1, 0.15) is 37.8 Å². The predicted octanol–water partition coefficient (Wildman–Crippen LogP) is 2.02. The molecule has 0 aromatic heterocycles. The van der Waals surface area contributed by atoms with Gasteiger partial charge in [-0.05, 0) is 44.5 Å². The van der Waals surface area contributed by atoms with Crippen LogP contribution in [0.25, 0.3) is 0 Å². The number of amides is 1. The Labute approximate surface area is 126 Å². The molecule has 1 amide bonds. The van der Waals surface area contributed by atoms with Crippen molar-refractivity contribution in [3.05, 3.63) is 23.8 Å². The lowest BCUT2D eigenvalue weighted by atomic mass is 10.1. The Balaban J connectivity index is 2.01. The number of methoxy groups -OCH3 is 2. The quantitative estimate of drug-likeness (QED) is 0.842. The smallest absolute Gasteiger partial charge is 0.222 e. The van der Waals surface area contributed by atoms with Crippen LogP contribution in [0.2, 0.25) is 0 Å². The fourth-order valence-electron chi connectivity index (χ4n) is 2.71. The fraction of sp³-hybridized carbons (Fsp3) is 0.562. The van der Waals surface area contributed by atoms with Gasteiger partial charge in [0.15, 0.2) is 0 Å². The first kappa shape index (κ1) is 15.6. The van der Waals surface area contributed by atoms with Gasteiger partial charge in [-0.3, -0.25) is 4.79 Å². The van der Waals surface area contributed by atoms with Crippen molar-refractivity contribution in [1.29, 1.82) is 0 Å². The first-order valence-corrected chi connectivity index (χ1v) is 7.38. The summed E-state index contributed by atoms with van der Waals surface area (Å²) < 4.78 is 10.6. The molecule has 0 bridgehead atoms. The molecule has 116 valence electrons. The summed E-state index contributed by atoms with van der Waals surface area (Å²) in [5.41, 5.74) is 0.921. The first-order chi connectivity index (χ1) is 10.1. The molecule has 2 unspecified atom stereocenters. The molecule has 5 heteroatoms. The van der Waals surface area contributed by atoms with Gasteiger partial charge in [0.25, 0.3) is 0 Å². The summed E-state index contributed by atoms with van der Waals surface area (Å²) >= 11 is 0. The van der Waals surface area contributed by atoms with Crippen LogP contribution in [0.15, 0.2) is 18.2 Å². The Hall–Kier alpha value is -1.75. The van der Waals surface area contributed by atoms with E-state index in [0.29, 0.717) is 12.5 Å². The van der Waals surface area contributed by atoms with E-state index >= 15 is 0 Å². The Morgan fingerprint density at radius 3 is 2.86 bits per heavy atom. The molecule has 21 heavy (non-hydrogen) atoms. The molecule has 0 saturated carbocycles. The molecule has 0 radical (unpaired) electrons. The van der Waals surface area contributed by atoms with Crippen molar-refractivity contribution in [1.82, 2.24) is 10.6 Å². The molecule has 1 fully saturated rings. The molecule has 0 spiro atoms. The summed E-state index contributed by atoms with van der Waals surface area (Å²) in [6.45, 7) is 2.97. The van der Waals surface area contributed by atoms with Crippen molar-refractivity contribution in [2.24, 2.45) is 0 Å². The summed E-state index contributed by atoms with van der Waals surface area (Å²) in [6.07, 6.45) is 2.75. The van der Waals surface area contributed by atoms with Crippen LogP contribution in [0.3, 0.4) is 0 Å². The lowest BCUT2D eigenvalue weighted by Crippen LogP contribution is -2.33. The number of carbonyl (C=O) groups excluding carboxylic acids is 1. The zero-order chi connectivity index (χ0) is 15.2. The van der Waals surface area contributed by atoms with Crippen molar-refractivity contribution < 1.29 is 14.3 Å². The van der Waals surface area contributed by atoms with Crippen LogP contribution < -0.4 is 20.1 Å². The average molecular weight is 292 g/mol. The normalized spacial score (nSPS) is 19.1. The number of nitrogens with one attached hydrogen (secondary N) is 2. The third kappa shape index (κ3) is 4.11. The van der Waals surface area contributed by atoms with Crippen molar-refractivity contribution in [3.8, 4) is 11.5 Å². The van der Waals surface area contributed by atoms with Crippen molar-refractivity contribution in [2.45, 2.75) is 38.3 Å². The van der Waals surface area contributed by atoms with Gasteiger partial charge in [0.2, 0.25) is 5.91 Å². The highest BCUT2D eigenvalue weighted by Crippen LogP contribution is 2.29. The van der Waals surface area contributed by atoms with E-state index in [0.717, 1.165) is 36.4 Å². The van der Waals surface area contributed by atoms with Gasteiger partial charge in [-0.25, -0.2) is 0 Å². The molecule has 5 nitrogen and oxygen atoms in total. The van der Waals surface area contributed by atoms with Crippen LogP contribution in [0, 0.1) is 0 Å². The maximum absolute atomic E-state index is 12.1. The summed E-state index contributed by atoms with van der Waals surface area (Å²) in [5.74, 6) is 1.57. The van der Waals surface area contributed by atoms with E-state index in [9.17, 15) is 4.79 Å². The zero-order valence-electron chi connectivity index (χ0n) is 12.9. The van der Waals surface area contributed by atoms with Crippen LogP contribution in [0.4, 0.5) is 0 Å². The second-order valence-corrected chi connectivity index (χ2v) is 5.39. The van der Waals surface area contributed by atoms with Crippen molar-refractivity contribution >= 4 is 5.91 Å². The highest BCUT2D eigenvalue weighted by molar-refractivity contribution is 5.77. The zero-order valence-corrected chi connectivity index (χ0v) is 12.9. The van der Waals surface area contributed by atoms with Gasteiger partial charge < -0.3 is 20.1 Å². The summed E-state index contributed by atoms with van der Waals surface area (Å²) in [6, 6.07) is 5.79. The lowest BCUT2D eigenvalue weighted by molar-refractivity contribution is -0.122. The number of rotatable bonds is 6. The van der Waals surface area contributed by atoms with Gasteiger partial charge in [-0.15, -0.1) is 0 Å². The second-order valence-electron chi connectivity index (χ2n) is 5.39. The topological polar surface area (TPSA) is 59.6 Å². The lowest BCUT2D eigenvalue weighted by Gasteiger charge is -2.19. The van der Waals surface area contributed by atoms with E-state index in [1.165, 1.54) is 0 Å². The van der Waals surface area contributed by atoms with Crippen molar-refractivity contribution in [2.75, 3.05) is 20.8 Å². The minimum Gasteiger partial charge on any atom is -0.497 e. The van der Waals surface area contributed by atoms with E-state index in [1.807, 2.05) is 25.1 Å². The standard InChI is InChI=1S/C16H24N2O3/c1-11(18-16(19)9-12-5-4-8-17-12)14-10-13(20-2)6-7-15(14)21-3/h6-7,10-12,17H,4-5,8-9H2,1-3H3,(H,18,19). The van der Waals surface area contributed by atoms with Crippen LogP contribution >= 0.6 is 0 Å². The van der Waals surface area contributed by atoms with Gasteiger partial charge in [0.05, 0.1) is 20.3 Å². The Morgan fingerprint density at radius 2 is 2.24 bits per heavy atom. The maximum atomic E-state index is 12.1. The van der Waals surface area contributed by atoms with Crippen molar-refractivity contribution in [3.63, 3.8) is 0 Å². The van der Waals surface area contributed by atoms with Crippen LogP contribution in [0.5, 0.6) is 11.5 Å². The van der Waals surface area contributed by atoms with E-state index in [2.05, 4.69) is 10.6 Å². The minimum absolute atomic E-state index is 0.0618. The third-order valence-corrected chi connectivity index (χ3v) is 3.88. The van der Waals surface area contributed by atoms with E-state index in [4.69, 9.17) is 9.47 Å². The minimum atomic E-state index is -0.121. The monoisotopic (exact) mass is 292 g/mol. The van der Waals surface area contributed by atoms with Gasteiger partial charge in [0, 0.05) is 18.0 Å². The molecule has 2 atom stereocenters. The summed E-state index contributed by atoms with van der Waals surface area (Å²) in [5, 5.41) is 6.37. The number of benzene rings is 1. The van der Waals surface area contributed by atoms with Gasteiger partial charge in [-0.1, -0.05) is 0 Å². The third-order valence-electron chi connectivity index (χ3n) is 3.88. The molecular formula is C16H24N2O3. The highest BCUT2D eigenvalue weighted by Gasteiger charge is 2.20. The Morgan fingerprint density at radius 1 is 1.43 bits per heavy atom. The molecule has 1 aromatic rings. The molecule has 1 saturated heterocycles. The molecule has 1 aliphatic rings. The predicted molar refractivity (Wildman–Crippen MR) is 81.7 cm³/mol. The molecule has 2 rings (SSSR count). The average Bonchev–Trinajstić information content (AvgIpc) is 2.99. The summed E-state index contributed by atoms with van der Waals surface area (Å²) in [7, 11) is 3.25. The highest BCUT2D eigenvalue weighted by atomic mass is 16.5. The maximum Gasteiger partial charge on any atom is 0.222 e. The van der Waals surface area contributed by atoms with Gasteiger partial charge >= 0.3 is 0 Å². The summed E-state index contributed by atoms with van der Waals surface area (Å²) in [4.78, 5) is 12.1. The number of hydrogen-bond donors (Lipinski definition) is 2. The molecule has 2 N–H and O–H groups in total. The Kier molecular flexibility index (Phi) is 5.44. The fourth-order valence-corrected chi connectivity index (χ4v) is 2.71. The Bertz CT molecular complexity index is 484. The SMILES string of the molecule is COc1ccc(OC)c(C(C)NC(=O)CC2CCCN2)c1. The van der Waals surface area contributed by atoms with Crippen LogP contribution in [-0.4, -0.2) is 32.7 Å². The number of hydrogen-bond acceptors (Lipinski definition) is 4. The second kappa shape index (κ2) is 7.31. The largest absolute Gasteiger partial charge is 0.497 e.